The second-order valence-corrected chi connectivity index (χ2v) is 4.41. The average Bonchev–Trinajstić information content (AvgIpc) is 2.16. The zero-order valence-corrected chi connectivity index (χ0v) is 10.8. The third-order valence-electron chi connectivity index (χ3n) is 2.13. The number of carbonyl (C=O) groups is 1. The number of hydrogen-bond donors (Lipinski definition) is 2. The van der Waals surface area contributed by atoms with Crippen LogP contribution in [0.1, 0.15) is 26.7 Å². The maximum Gasteiger partial charge on any atom is 0.223 e. The largest absolute Gasteiger partial charge is 0.370 e. The van der Waals surface area contributed by atoms with Gasteiger partial charge in [0.1, 0.15) is 0 Å². The van der Waals surface area contributed by atoms with Gasteiger partial charge in [-0.3, -0.25) is 9.79 Å². The molecule has 0 fully saturated rings. The van der Waals surface area contributed by atoms with E-state index in [9.17, 15) is 4.79 Å². The zero-order valence-electron chi connectivity index (χ0n) is 10.8. The minimum atomic E-state index is 0.0856. The van der Waals surface area contributed by atoms with Crippen molar-refractivity contribution >= 4 is 11.9 Å². The Morgan fingerprint density at radius 3 is 2.56 bits per heavy atom. The molecular formula is C11H24N4O. The molecule has 0 unspecified atom stereocenters. The predicted molar refractivity (Wildman–Crippen MR) is 67.3 cm³/mol. The first-order valence-corrected chi connectivity index (χ1v) is 5.67. The molecule has 0 atom stereocenters. The Bertz CT molecular complexity index is 236. The molecule has 0 rings (SSSR count). The first-order chi connectivity index (χ1) is 7.43. The van der Waals surface area contributed by atoms with Gasteiger partial charge in [-0.2, -0.15) is 0 Å². The van der Waals surface area contributed by atoms with E-state index in [0.717, 1.165) is 13.0 Å². The van der Waals surface area contributed by atoms with Crippen molar-refractivity contribution in [2.45, 2.75) is 26.7 Å². The van der Waals surface area contributed by atoms with Gasteiger partial charge in [0.15, 0.2) is 5.96 Å². The van der Waals surface area contributed by atoms with Gasteiger partial charge in [-0.25, -0.2) is 0 Å². The molecule has 0 aliphatic carbocycles. The van der Waals surface area contributed by atoms with Gasteiger partial charge >= 0.3 is 0 Å². The molecule has 0 aromatic carbocycles. The molecule has 3 N–H and O–H groups in total. The molecular weight excluding hydrogens is 204 g/mol. The van der Waals surface area contributed by atoms with Gasteiger partial charge in [-0.1, -0.05) is 13.8 Å². The van der Waals surface area contributed by atoms with Crippen LogP contribution in [0, 0.1) is 5.92 Å². The highest BCUT2D eigenvalue weighted by molar-refractivity contribution is 5.79. The summed E-state index contributed by atoms with van der Waals surface area (Å²) in [4.78, 5) is 17.0. The van der Waals surface area contributed by atoms with Gasteiger partial charge < -0.3 is 16.0 Å². The van der Waals surface area contributed by atoms with Crippen molar-refractivity contribution in [3.05, 3.63) is 0 Å². The number of amides is 1. The maximum absolute atomic E-state index is 11.2. The van der Waals surface area contributed by atoms with Crippen LogP contribution in [0.3, 0.4) is 0 Å². The van der Waals surface area contributed by atoms with Crippen LogP contribution in [0.5, 0.6) is 0 Å². The highest BCUT2D eigenvalue weighted by atomic mass is 16.2. The van der Waals surface area contributed by atoms with Crippen molar-refractivity contribution < 1.29 is 4.79 Å². The summed E-state index contributed by atoms with van der Waals surface area (Å²) in [7, 11) is 3.48. The number of nitrogens with one attached hydrogen (secondary N) is 1. The van der Waals surface area contributed by atoms with Crippen molar-refractivity contribution in [3.63, 3.8) is 0 Å². The SMILES string of the molecule is CC(C)CCN=C(N)NCCC(=O)N(C)C. The van der Waals surface area contributed by atoms with Gasteiger partial charge in [0.2, 0.25) is 5.91 Å². The van der Waals surface area contributed by atoms with Crippen LogP contribution in [-0.2, 0) is 4.79 Å². The highest BCUT2D eigenvalue weighted by Crippen LogP contribution is 1.97. The number of rotatable bonds is 6. The lowest BCUT2D eigenvalue weighted by molar-refractivity contribution is -0.128. The molecule has 0 heterocycles. The molecule has 0 bridgehead atoms. The summed E-state index contributed by atoms with van der Waals surface area (Å²) in [5, 5.41) is 2.92. The lowest BCUT2D eigenvalue weighted by Crippen LogP contribution is -2.35. The van der Waals surface area contributed by atoms with Crippen molar-refractivity contribution in [1.29, 1.82) is 0 Å². The first-order valence-electron chi connectivity index (χ1n) is 5.67. The molecule has 0 aliphatic heterocycles. The number of aliphatic imine (C=N–C) groups is 1. The Morgan fingerprint density at radius 2 is 2.06 bits per heavy atom. The molecule has 5 heteroatoms. The smallest absolute Gasteiger partial charge is 0.223 e. The zero-order chi connectivity index (χ0) is 12.6. The fraction of sp³-hybridized carbons (Fsp3) is 0.818. The number of hydrogen-bond acceptors (Lipinski definition) is 2. The van der Waals surface area contributed by atoms with E-state index >= 15 is 0 Å². The second-order valence-electron chi connectivity index (χ2n) is 4.41. The van der Waals surface area contributed by atoms with Gasteiger partial charge in [0.25, 0.3) is 0 Å². The quantitative estimate of drug-likeness (QED) is 0.511. The van der Waals surface area contributed by atoms with Crippen LogP contribution in [-0.4, -0.2) is 44.0 Å². The highest BCUT2D eigenvalue weighted by Gasteiger charge is 2.02. The summed E-state index contributed by atoms with van der Waals surface area (Å²) in [6, 6.07) is 0. The topological polar surface area (TPSA) is 70.7 Å². The van der Waals surface area contributed by atoms with Gasteiger partial charge in [0, 0.05) is 33.6 Å². The molecule has 0 aromatic rings. The van der Waals surface area contributed by atoms with E-state index in [2.05, 4.69) is 24.2 Å². The van der Waals surface area contributed by atoms with E-state index < -0.39 is 0 Å². The Balaban J connectivity index is 3.64. The Labute approximate surface area is 98.1 Å². The van der Waals surface area contributed by atoms with Gasteiger partial charge in [0.05, 0.1) is 0 Å². The summed E-state index contributed by atoms with van der Waals surface area (Å²) in [5.74, 6) is 1.14. The lowest BCUT2D eigenvalue weighted by Gasteiger charge is -2.10. The monoisotopic (exact) mass is 228 g/mol. The van der Waals surface area contributed by atoms with Crippen molar-refractivity contribution in [2.24, 2.45) is 16.6 Å². The average molecular weight is 228 g/mol. The van der Waals surface area contributed by atoms with E-state index in [1.807, 2.05) is 0 Å². The fourth-order valence-electron chi connectivity index (χ4n) is 1.02. The molecule has 0 aliphatic rings. The summed E-state index contributed by atoms with van der Waals surface area (Å²) in [6.45, 7) is 5.57. The number of nitrogens with two attached hydrogens (primary N) is 1. The summed E-state index contributed by atoms with van der Waals surface area (Å²) in [5.41, 5.74) is 5.64. The van der Waals surface area contributed by atoms with E-state index in [4.69, 9.17) is 5.73 Å². The number of nitrogens with zero attached hydrogens (tertiary/aromatic N) is 2. The van der Waals surface area contributed by atoms with Crippen molar-refractivity contribution in [1.82, 2.24) is 10.2 Å². The number of guanidine groups is 1. The Hall–Kier alpha value is -1.26. The molecule has 1 amide bonds. The summed E-state index contributed by atoms with van der Waals surface area (Å²) < 4.78 is 0. The van der Waals surface area contributed by atoms with E-state index in [-0.39, 0.29) is 5.91 Å². The molecule has 0 aromatic heterocycles. The Kier molecular flexibility index (Phi) is 7.33. The van der Waals surface area contributed by atoms with Gasteiger partial charge in [-0.05, 0) is 12.3 Å². The van der Waals surface area contributed by atoms with Crippen LogP contribution >= 0.6 is 0 Å². The van der Waals surface area contributed by atoms with Crippen LogP contribution in [0.15, 0.2) is 4.99 Å². The standard InChI is InChI=1S/C11H24N4O/c1-9(2)5-7-13-11(12)14-8-6-10(16)15(3)4/h9H,5-8H2,1-4H3,(H3,12,13,14). The Morgan fingerprint density at radius 1 is 1.44 bits per heavy atom. The third-order valence-corrected chi connectivity index (χ3v) is 2.13. The van der Waals surface area contributed by atoms with Crippen LogP contribution in [0.4, 0.5) is 0 Å². The fourth-order valence-corrected chi connectivity index (χ4v) is 1.02. The maximum atomic E-state index is 11.2. The molecule has 0 saturated heterocycles. The van der Waals surface area contributed by atoms with Gasteiger partial charge in [-0.15, -0.1) is 0 Å². The van der Waals surface area contributed by atoms with E-state index in [1.54, 1.807) is 19.0 Å². The third kappa shape index (κ3) is 8.08. The summed E-state index contributed by atoms with van der Waals surface area (Å²) >= 11 is 0. The van der Waals surface area contributed by atoms with E-state index in [0.29, 0.717) is 24.8 Å². The van der Waals surface area contributed by atoms with Crippen LogP contribution in [0.2, 0.25) is 0 Å². The molecule has 0 spiro atoms. The van der Waals surface area contributed by atoms with Crippen molar-refractivity contribution in [3.8, 4) is 0 Å². The molecule has 0 saturated carbocycles. The minimum absolute atomic E-state index is 0.0856. The number of carbonyl (C=O) groups excluding carboxylic acids is 1. The molecule has 94 valence electrons. The first kappa shape index (κ1) is 14.7. The minimum Gasteiger partial charge on any atom is -0.370 e. The molecule has 16 heavy (non-hydrogen) atoms. The lowest BCUT2D eigenvalue weighted by atomic mass is 10.1. The molecule has 0 radical (unpaired) electrons. The molecule has 5 nitrogen and oxygen atoms in total. The normalized spacial score (nSPS) is 11.7. The van der Waals surface area contributed by atoms with Crippen molar-refractivity contribution in [2.75, 3.05) is 27.2 Å². The second kappa shape index (κ2) is 7.96. The predicted octanol–water partition coefficient (Wildman–Crippen LogP) is 0.415. The summed E-state index contributed by atoms with van der Waals surface area (Å²) in [6.07, 6.45) is 1.46. The van der Waals surface area contributed by atoms with Crippen LogP contribution in [0.25, 0.3) is 0 Å². The van der Waals surface area contributed by atoms with Crippen LogP contribution < -0.4 is 11.1 Å². The van der Waals surface area contributed by atoms with E-state index in [1.165, 1.54) is 0 Å².